The van der Waals surface area contributed by atoms with Gasteiger partial charge in [0.1, 0.15) is 12.7 Å². The third-order valence-electron chi connectivity index (χ3n) is 1.78. The molecule has 1 heterocycles. The van der Waals surface area contributed by atoms with Crippen molar-refractivity contribution in [1.29, 1.82) is 0 Å². The molecular weight excluding hydrogens is 178 g/mol. The standard InChI is InChI=1S/C10H9N3O/c1-13(14)7-8-6-11-9-4-2-3-5-10(9)12-8/h2-7H,1H3/b13-7-. The Morgan fingerprint density at radius 2 is 2.00 bits per heavy atom. The van der Waals surface area contributed by atoms with E-state index in [4.69, 9.17) is 0 Å². The van der Waals surface area contributed by atoms with Crippen LogP contribution in [0.1, 0.15) is 5.69 Å². The summed E-state index contributed by atoms with van der Waals surface area (Å²) >= 11 is 0. The maximum absolute atomic E-state index is 10.7. The molecule has 70 valence electrons. The number of hydrogen-bond donors (Lipinski definition) is 0. The molecule has 2 rings (SSSR count). The van der Waals surface area contributed by atoms with Gasteiger partial charge in [0.2, 0.25) is 6.21 Å². The van der Waals surface area contributed by atoms with E-state index in [9.17, 15) is 5.21 Å². The molecule has 0 bridgehead atoms. The minimum atomic E-state index is 0.571. The van der Waals surface area contributed by atoms with Crippen molar-refractivity contribution in [3.8, 4) is 0 Å². The Morgan fingerprint density at radius 1 is 1.29 bits per heavy atom. The lowest BCUT2D eigenvalue weighted by molar-refractivity contribution is -0.416. The van der Waals surface area contributed by atoms with E-state index < -0.39 is 0 Å². The van der Waals surface area contributed by atoms with Crippen molar-refractivity contribution in [2.75, 3.05) is 7.05 Å². The van der Waals surface area contributed by atoms with Gasteiger partial charge in [0.25, 0.3) is 0 Å². The van der Waals surface area contributed by atoms with Crippen molar-refractivity contribution in [1.82, 2.24) is 9.97 Å². The molecule has 1 aromatic carbocycles. The molecule has 2 aromatic rings. The Kier molecular flexibility index (Phi) is 2.10. The van der Waals surface area contributed by atoms with Crippen molar-refractivity contribution in [2.45, 2.75) is 0 Å². The Balaban J connectivity index is 2.57. The van der Waals surface area contributed by atoms with Crippen LogP contribution in [0.3, 0.4) is 0 Å². The molecule has 0 aliphatic rings. The Morgan fingerprint density at radius 3 is 2.71 bits per heavy atom. The number of fused-ring (bicyclic) bond motifs is 1. The zero-order chi connectivity index (χ0) is 9.97. The predicted octanol–water partition coefficient (Wildman–Crippen LogP) is 1.19. The van der Waals surface area contributed by atoms with Crippen LogP contribution >= 0.6 is 0 Å². The van der Waals surface area contributed by atoms with Crippen LogP contribution in [0.25, 0.3) is 11.0 Å². The van der Waals surface area contributed by atoms with Crippen molar-refractivity contribution in [3.05, 3.63) is 41.4 Å². The number of benzene rings is 1. The molecule has 4 heteroatoms. The average molecular weight is 187 g/mol. The van der Waals surface area contributed by atoms with E-state index in [1.807, 2.05) is 24.3 Å². The summed E-state index contributed by atoms with van der Waals surface area (Å²) in [5.41, 5.74) is 2.20. The molecule has 0 atom stereocenters. The number of para-hydroxylation sites is 2. The first-order valence-electron chi connectivity index (χ1n) is 4.22. The summed E-state index contributed by atoms with van der Waals surface area (Å²) in [5, 5.41) is 10.7. The molecule has 0 unspecified atom stereocenters. The van der Waals surface area contributed by atoms with Crippen LogP contribution in [0.4, 0.5) is 0 Å². The fraction of sp³-hybridized carbons (Fsp3) is 0.100. The monoisotopic (exact) mass is 187 g/mol. The molecule has 14 heavy (non-hydrogen) atoms. The van der Waals surface area contributed by atoms with Crippen molar-refractivity contribution >= 4 is 17.2 Å². The highest BCUT2D eigenvalue weighted by atomic mass is 16.5. The fourth-order valence-electron chi connectivity index (χ4n) is 1.22. The van der Waals surface area contributed by atoms with Crippen molar-refractivity contribution in [2.24, 2.45) is 0 Å². The third-order valence-corrected chi connectivity index (χ3v) is 1.78. The predicted molar refractivity (Wildman–Crippen MR) is 54.3 cm³/mol. The first-order valence-corrected chi connectivity index (χ1v) is 4.22. The maximum atomic E-state index is 10.7. The number of rotatable bonds is 1. The van der Waals surface area contributed by atoms with Gasteiger partial charge in [-0.1, -0.05) is 12.1 Å². The van der Waals surface area contributed by atoms with Crippen molar-refractivity contribution < 1.29 is 4.74 Å². The van der Waals surface area contributed by atoms with E-state index in [-0.39, 0.29) is 0 Å². The van der Waals surface area contributed by atoms with Crippen molar-refractivity contribution in [3.63, 3.8) is 0 Å². The van der Waals surface area contributed by atoms with Crippen LogP contribution in [-0.2, 0) is 0 Å². The number of aromatic nitrogens is 2. The van der Waals surface area contributed by atoms with Crippen LogP contribution in [0.2, 0.25) is 0 Å². The van der Waals surface area contributed by atoms with E-state index in [0.29, 0.717) is 10.4 Å². The van der Waals surface area contributed by atoms with E-state index in [2.05, 4.69) is 9.97 Å². The summed E-state index contributed by atoms with van der Waals surface area (Å²) in [6.45, 7) is 0. The fourth-order valence-corrected chi connectivity index (χ4v) is 1.22. The lowest BCUT2D eigenvalue weighted by atomic mass is 10.3. The molecule has 0 saturated heterocycles. The zero-order valence-electron chi connectivity index (χ0n) is 7.71. The van der Waals surface area contributed by atoms with Gasteiger partial charge < -0.3 is 5.21 Å². The van der Waals surface area contributed by atoms with Gasteiger partial charge in [-0.05, 0) is 12.1 Å². The Bertz CT molecular complexity index is 489. The summed E-state index contributed by atoms with van der Waals surface area (Å²) in [5.74, 6) is 0. The molecule has 0 saturated carbocycles. The average Bonchev–Trinajstić information content (AvgIpc) is 2.17. The maximum Gasteiger partial charge on any atom is 0.201 e. The molecule has 0 N–H and O–H groups in total. The van der Waals surface area contributed by atoms with Gasteiger partial charge in [-0.3, -0.25) is 4.98 Å². The van der Waals surface area contributed by atoms with Crippen LogP contribution in [-0.4, -0.2) is 28.0 Å². The zero-order valence-corrected chi connectivity index (χ0v) is 7.71. The number of nitrogens with zero attached hydrogens (tertiary/aromatic N) is 3. The smallest absolute Gasteiger partial charge is 0.201 e. The van der Waals surface area contributed by atoms with Gasteiger partial charge in [0, 0.05) is 0 Å². The minimum Gasteiger partial charge on any atom is -0.624 e. The summed E-state index contributed by atoms with van der Waals surface area (Å²) in [4.78, 5) is 8.43. The highest BCUT2D eigenvalue weighted by Crippen LogP contribution is 2.06. The highest BCUT2D eigenvalue weighted by molar-refractivity contribution is 5.79. The molecule has 0 amide bonds. The topological polar surface area (TPSA) is 51.9 Å². The van der Waals surface area contributed by atoms with E-state index >= 15 is 0 Å². The first kappa shape index (κ1) is 8.62. The van der Waals surface area contributed by atoms with Gasteiger partial charge in [0.15, 0.2) is 0 Å². The lowest BCUT2D eigenvalue weighted by Gasteiger charge is -1.97. The second-order valence-corrected chi connectivity index (χ2v) is 2.96. The largest absolute Gasteiger partial charge is 0.624 e. The first-order chi connectivity index (χ1) is 6.75. The molecule has 0 radical (unpaired) electrons. The van der Waals surface area contributed by atoms with E-state index in [0.717, 1.165) is 11.0 Å². The second-order valence-electron chi connectivity index (χ2n) is 2.96. The lowest BCUT2D eigenvalue weighted by Crippen LogP contribution is -2.00. The van der Waals surface area contributed by atoms with E-state index in [1.54, 1.807) is 6.20 Å². The Labute approximate surface area is 81.1 Å². The number of hydroxylamine groups is 1. The Hall–Kier alpha value is -1.97. The third kappa shape index (κ3) is 1.69. The summed E-state index contributed by atoms with van der Waals surface area (Å²) < 4.78 is 0.707. The van der Waals surface area contributed by atoms with Crippen LogP contribution in [0, 0.1) is 5.21 Å². The van der Waals surface area contributed by atoms with Gasteiger partial charge in [-0.25, -0.2) is 9.72 Å². The minimum absolute atomic E-state index is 0.571. The van der Waals surface area contributed by atoms with E-state index in [1.165, 1.54) is 13.3 Å². The number of hydrogen-bond acceptors (Lipinski definition) is 3. The molecule has 0 fully saturated rings. The second kappa shape index (κ2) is 3.41. The van der Waals surface area contributed by atoms with Crippen LogP contribution < -0.4 is 0 Å². The molecule has 0 spiro atoms. The van der Waals surface area contributed by atoms with Gasteiger partial charge in [0.05, 0.1) is 17.2 Å². The molecular formula is C10H9N3O. The SMILES string of the molecule is C/[N+]([O-])=C/c1cnc2ccccc2n1. The molecule has 1 aromatic heterocycles. The summed E-state index contributed by atoms with van der Waals surface area (Å²) in [6, 6.07) is 7.54. The van der Waals surface area contributed by atoms with Gasteiger partial charge in [-0.15, -0.1) is 0 Å². The van der Waals surface area contributed by atoms with Gasteiger partial charge in [-0.2, -0.15) is 0 Å². The molecule has 0 aliphatic heterocycles. The van der Waals surface area contributed by atoms with Crippen LogP contribution in [0.5, 0.6) is 0 Å². The highest BCUT2D eigenvalue weighted by Gasteiger charge is 1.98. The molecule has 4 nitrogen and oxygen atoms in total. The normalized spacial score (nSPS) is 11.9. The summed E-state index contributed by atoms with van der Waals surface area (Å²) in [7, 11) is 1.41. The summed E-state index contributed by atoms with van der Waals surface area (Å²) in [6.07, 6.45) is 2.97. The van der Waals surface area contributed by atoms with Gasteiger partial charge >= 0.3 is 0 Å². The quantitative estimate of drug-likeness (QED) is 0.291. The van der Waals surface area contributed by atoms with Crippen LogP contribution in [0.15, 0.2) is 30.5 Å². The molecule has 0 aliphatic carbocycles.